The van der Waals surface area contributed by atoms with Gasteiger partial charge in [-0.05, 0) is 61.8 Å². The summed E-state index contributed by atoms with van der Waals surface area (Å²) in [5, 5.41) is 3.63. The van der Waals surface area contributed by atoms with Gasteiger partial charge >= 0.3 is 0 Å². The zero-order valence-corrected chi connectivity index (χ0v) is 11.4. The molecule has 1 aliphatic heterocycles. The summed E-state index contributed by atoms with van der Waals surface area (Å²) >= 11 is 0. The summed E-state index contributed by atoms with van der Waals surface area (Å²) in [7, 11) is 0. The Balaban J connectivity index is 2.02. The normalized spacial score (nSPS) is 41.2. The number of piperidine rings is 1. The Labute approximate surface area is 101 Å². The van der Waals surface area contributed by atoms with Crippen LogP contribution in [0.4, 0.5) is 0 Å². The average Bonchev–Trinajstić information content (AvgIpc) is 2.42. The Morgan fingerprint density at radius 3 is 2.31 bits per heavy atom. The lowest BCUT2D eigenvalue weighted by molar-refractivity contribution is 0.148. The maximum Gasteiger partial charge on any atom is 0.000782 e. The van der Waals surface area contributed by atoms with Crippen LogP contribution in [0.3, 0.4) is 0 Å². The summed E-state index contributed by atoms with van der Waals surface area (Å²) in [5.74, 6) is 0.846. The minimum absolute atomic E-state index is 0.612. The van der Waals surface area contributed by atoms with Crippen LogP contribution in [-0.2, 0) is 0 Å². The first-order valence-corrected chi connectivity index (χ1v) is 7.27. The quantitative estimate of drug-likeness (QED) is 0.709. The molecule has 2 fully saturated rings. The van der Waals surface area contributed by atoms with Gasteiger partial charge in [-0.25, -0.2) is 0 Å². The van der Waals surface area contributed by atoms with Gasteiger partial charge < -0.3 is 5.32 Å². The monoisotopic (exact) mass is 223 g/mol. The van der Waals surface area contributed by atoms with E-state index in [4.69, 9.17) is 0 Å². The molecule has 1 saturated heterocycles. The molecule has 94 valence electrons. The van der Waals surface area contributed by atoms with Crippen molar-refractivity contribution < 1.29 is 0 Å². The molecular weight excluding hydrogens is 194 g/mol. The second-order valence-electron chi connectivity index (χ2n) is 6.94. The van der Waals surface area contributed by atoms with E-state index in [-0.39, 0.29) is 0 Å². The van der Waals surface area contributed by atoms with Crippen LogP contribution in [0.2, 0.25) is 0 Å². The van der Waals surface area contributed by atoms with Gasteiger partial charge in [0, 0.05) is 6.54 Å². The fourth-order valence-corrected chi connectivity index (χ4v) is 3.70. The molecule has 1 saturated carbocycles. The topological polar surface area (TPSA) is 12.0 Å². The molecule has 0 aromatic rings. The molecule has 1 spiro atoms. The van der Waals surface area contributed by atoms with Gasteiger partial charge in [0.05, 0.1) is 0 Å². The molecule has 0 amide bonds. The Morgan fingerprint density at radius 2 is 1.69 bits per heavy atom. The molecule has 0 aromatic carbocycles. The Morgan fingerprint density at radius 1 is 0.938 bits per heavy atom. The van der Waals surface area contributed by atoms with Gasteiger partial charge in [-0.15, -0.1) is 0 Å². The van der Waals surface area contributed by atoms with Crippen LogP contribution in [-0.4, -0.2) is 13.1 Å². The lowest BCUT2D eigenvalue weighted by atomic mass is 9.70. The molecule has 2 atom stereocenters. The Hall–Kier alpha value is -0.0400. The number of rotatable bonds is 1. The van der Waals surface area contributed by atoms with Gasteiger partial charge in [0.25, 0.3) is 0 Å². The SMILES string of the molecule is CC(C)C1(C)CCCC2(CCCNC2)CC1. The predicted molar refractivity (Wildman–Crippen MR) is 70.6 cm³/mol. The highest BCUT2D eigenvalue weighted by atomic mass is 14.9. The number of hydrogen-bond acceptors (Lipinski definition) is 1. The molecule has 1 N–H and O–H groups in total. The van der Waals surface area contributed by atoms with Crippen molar-refractivity contribution in [3.63, 3.8) is 0 Å². The minimum Gasteiger partial charge on any atom is -0.316 e. The number of hydrogen-bond donors (Lipinski definition) is 1. The summed E-state index contributed by atoms with van der Waals surface area (Å²) in [5.41, 5.74) is 1.28. The van der Waals surface area contributed by atoms with Crippen molar-refractivity contribution in [3.8, 4) is 0 Å². The third-order valence-electron chi connectivity index (χ3n) is 5.64. The fourth-order valence-electron chi connectivity index (χ4n) is 3.70. The zero-order chi connectivity index (χ0) is 11.6. The van der Waals surface area contributed by atoms with Crippen LogP contribution >= 0.6 is 0 Å². The molecular formula is C15H29N. The minimum atomic E-state index is 0.612. The first kappa shape index (κ1) is 12.4. The lowest BCUT2D eigenvalue weighted by Gasteiger charge is -2.38. The van der Waals surface area contributed by atoms with E-state index in [1.807, 2.05) is 0 Å². The van der Waals surface area contributed by atoms with Gasteiger partial charge in [0.15, 0.2) is 0 Å². The molecule has 1 heteroatoms. The van der Waals surface area contributed by atoms with Crippen molar-refractivity contribution in [2.24, 2.45) is 16.7 Å². The smallest absolute Gasteiger partial charge is 0.000782 e. The third kappa shape index (κ3) is 2.45. The summed E-state index contributed by atoms with van der Waals surface area (Å²) in [6.07, 6.45) is 10.2. The lowest BCUT2D eigenvalue weighted by Crippen LogP contribution is -2.39. The zero-order valence-electron chi connectivity index (χ0n) is 11.4. The highest BCUT2D eigenvalue weighted by Crippen LogP contribution is 2.48. The second-order valence-corrected chi connectivity index (χ2v) is 6.94. The summed E-state index contributed by atoms with van der Waals surface area (Å²) in [6, 6.07) is 0. The molecule has 1 aliphatic carbocycles. The van der Waals surface area contributed by atoms with Crippen LogP contribution in [0.5, 0.6) is 0 Å². The molecule has 0 aromatic heterocycles. The highest BCUT2D eigenvalue weighted by molar-refractivity contribution is 4.92. The van der Waals surface area contributed by atoms with Crippen molar-refractivity contribution in [3.05, 3.63) is 0 Å². The van der Waals surface area contributed by atoms with E-state index in [2.05, 4.69) is 26.1 Å². The molecule has 0 radical (unpaired) electrons. The van der Waals surface area contributed by atoms with E-state index in [0.717, 1.165) is 5.92 Å². The third-order valence-corrected chi connectivity index (χ3v) is 5.64. The van der Waals surface area contributed by atoms with Crippen molar-refractivity contribution in [2.45, 2.75) is 65.7 Å². The van der Waals surface area contributed by atoms with Crippen LogP contribution in [0.25, 0.3) is 0 Å². The van der Waals surface area contributed by atoms with Gasteiger partial charge in [0.1, 0.15) is 0 Å². The van der Waals surface area contributed by atoms with Gasteiger partial charge in [-0.1, -0.05) is 27.2 Å². The number of nitrogens with one attached hydrogen (secondary N) is 1. The van der Waals surface area contributed by atoms with E-state index in [1.165, 1.54) is 58.0 Å². The molecule has 16 heavy (non-hydrogen) atoms. The van der Waals surface area contributed by atoms with Crippen molar-refractivity contribution in [2.75, 3.05) is 13.1 Å². The van der Waals surface area contributed by atoms with E-state index in [0.29, 0.717) is 10.8 Å². The summed E-state index contributed by atoms with van der Waals surface area (Å²) in [6.45, 7) is 9.89. The van der Waals surface area contributed by atoms with Crippen LogP contribution < -0.4 is 5.32 Å². The largest absolute Gasteiger partial charge is 0.316 e. The molecule has 1 nitrogen and oxygen atoms in total. The fraction of sp³-hybridized carbons (Fsp3) is 1.00. The second kappa shape index (κ2) is 4.68. The predicted octanol–water partition coefficient (Wildman–Crippen LogP) is 3.98. The van der Waals surface area contributed by atoms with Crippen molar-refractivity contribution in [1.82, 2.24) is 5.32 Å². The van der Waals surface area contributed by atoms with E-state index < -0.39 is 0 Å². The van der Waals surface area contributed by atoms with Gasteiger partial charge in [0.2, 0.25) is 0 Å². The average molecular weight is 223 g/mol. The van der Waals surface area contributed by atoms with Crippen LogP contribution in [0.1, 0.15) is 65.7 Å². The molecule has 2 rings (SSSR count). The van der Waals surface area contributed by atoms with Crippen molar-refractivity contribution >= 4 is 0 Å². The van der Waals surface area contributed by atoms with Crippen LogP contribution in [0, 0.1) is 16.7 Å². The first-order chi connectivity index (χ1) is 7.56. The maximum absolute atomic E-state index is 3.63. The Kier molecular flexibility index (Phi) is 3.63. The standard InChI is InChI=1S/C15H29N/c1-13(2)14(3)6-4-7-15(10-9-14)8-5-11-16-12-15/h13,16H,4-12H2,1-3H3. The molecule has 2 unspecified atom stereocenters. The molecule has 1 heterocycles. The van der Waals surface area contributed by atoms with Crippen molar-refractivity contribution in [1.29, 1.82) is 0 Å². The van der Waals surface area contributed by atoms with Gasteiger partial charge in [-0.3, -0.25) is 0 Å². The summed E-state index contributed by atoms with van der Waals surface area (Å²) in [4.78, 5) is 0. The van der Waals surface area contributed by atoms with Gasteiger partial charge in [-0.2, -0.15) is 0 Å². The van der Waals surface area contributed by atoms with E-state index in [1.54, 1.807) is 0 Å². The van der Waals surface area contributed by atoms with E-state index >= 15 is 0 Å². The first-order valence-electron chi connectivity index (χ1n) is 7.27. The Bertz CT molecular complexity index is 228. The maximum atomic E-state index is 3.63. The highest BCUT2D eigenvalue weighted by Gasteiger charge is 2.39. The summed E-state index contributed by atoms with van der Waals surface area (Å²) < 4.78 is 0. The molecule has 2 aliphatic rings. The van der Waals surface area contributed by atoms with E-state index in [9.17, 15) is 0 Å². The molecule has 0 bridgehead atoms. The van der Waals surface area contributed by atoms with Crippen LogP contribution in [0.15, 0.2) is 0 Å².